The second-order valence-electron chi connectivity index (χ2n) is 3.68. The molecule has 1 heterocycles. The van der Waals surface area contributed by atoms with Crippen molar-refractivity contribution in [3.8, 4) is 0 Å². The number of esters is 1. The fourth-order valence-electron chi connectivity index (χ4n) is 1.42. The molecular weight excluding hydrogens is 460 g/mol. The van der Waals surface area contributed by atoms with Gasteiger partial charge in [0.05, 0.1) is 34.1 Å². The first-order valence-electron chi connectivity index (χ1n) is 5.38. The highest BCUT2D eigenvalue weighted by molar-refractivity contribution is 14.1. The zero-order valence-corrected chi connectivity index (χ0v) is 14.7. The van der Waals surface area contributed by atoms with Crippen molar-refractivity contribution in [3.63, 3.8) is 0 Å². The Morgan fingerprint density at radius 2 is 2.25 bits per heavy atom. The van der Waals surface area contributed by atoms with Gasteiger partial charge in [-0.05, 0) is 34.1 Å². The van der Waals surface area contributed by atoms with Crippen molar-refractivity contribution >= 4 is 68.0 Å². The smallest absolute Gasteiger partial charge is 0.339 e. The van der Waals surface area contributed by atoms with Crippen molar-refractivity contribution in [3.05, 3.63) is 48.9 Å². The van der Waals surface area contributed by atoms with Crippen molar-refractivity contribution in [1.82, 2.24) is 0 Å². The normalized spacial score (nSPS) is 11.0. The predicted octanol–water partition coefficient (Wildman–Crippen LogP) is 4.84. The molecule has 2 aromatic rings. The van der Waals surface area contributed by atoms with E-state index in [0.29, 0.717) is 22.0 Å². The topological polar surface area (TPSA) is 51.8 Å². The molecule has 1 aromatic carbocycles. The van der Waals surface area contributed by atoms with Gasteiger partial charge in [0.15, 0.2) is 3.77 Å². The molecule has 0 unspecified atom stereocenters. The van der Waals surface area contributed by atoms with Crippen LogP contribution in [0.25, 0.3) is 0 Å². The van der Waals surface area contributed by atoms with E-state index < -0.39 is 5.97 Å². The number of hydrogen-bond donors (Lipinski definition) is 0. The number of ether oxygens (including phenoxy) is 1. The van der Waals surface area contributed by atoms with Gasteiger partial charge in [0, 0.05) is 28.7 Å². The van der Waals surface area contributed by atoms with Gasteiger partial charge in [-0.15, -0.1) is 0 Å². The third-order valence-corrected chi connectivity index (χ3v) is 4.81. The predicted molar refractivity (Wildman–Crippen MR) is 89.2 cm³/mol. The average Bonchev–Trinajstić information content (AvgIpc) is 2.75. The Morgan fingerprint density at radius 1 is 1.50 bits per heavy atom. The number of halogens is 3. The molecule has 0 atom stereocenters. The lowest BCUT2D eigenvalue weighted by Gasteiger charge is -2.02. The van der Waals surface area contributed by atoms with Crippen LogP contribution >= 0.6 is 50.1 Å². The molecule has 0 radical (unpaired) electrons. The Hall–Kier alpha value is -0.860. The summed E-state index contributed by atoms with van der Waals surface area (Å²) < 4.78 is 11.7. The minimum Gasteiger partial charge on any atom is -0.465 e. The standard InChI is InChI=1S/C13H8BrClINO3/c1-19-13(18)9-3-2-7(4-11(9)15)17-6-8-5-10(14)12(16)20-8/h2-6H,1H3. The van der Waals surface area contributed by atoms with Crippen molar-refractivity contribution in [2.45, 2.75) is 0 Å². The van der Waals surface area contributed by atoms with E-state index in [0.717, 1.165) is 8.24 Å². The van der Waals surface area contributed by atoms with E-state index in [9.17, 15) is 4.79 Å². The largest absolute Gasteiger partial charge is 0.465 e. The molecule has 0 spiro atoms. The van der Waals surface area contributed by atoms with E-state index in [2.05, 4.69) is 48.3 Å². The number of rotatable bonds is 3. The summed E-state index contributed by atoms with van der Waals surface area (Å²) in [5, 5.41) is 0.293. The van der Waals surface area contributed by atoms with Crippen LogP contribution in [0.2, 0.25) is 5.02 Å². The number of benzene rings is 1. The van der Waals surface area contributed by atoms with E-state index in [1.54, 1.807) is 24.4 Å². The summed E-state index contributed by atoms with van der Waals surface area (Å²) in [4.78, 5) is 15.6. The van der Waals surface area contributed by atoms with Gasteiger partial charge in [-0.25, -0.2) is 4.79 Å². The lowest BCUT2D eigenvalue weighted by molar-refractivity contribution is 0.0601. The van der Waals surface area contributed by atoms with Crippen LogP contribution in [-0.2, 0) is 4.74 Å². The van der Waals surface area contributed by atoms with Gasteiger partial charge in [0.1, 0.15) is 5.76 Å². The van der Waals surface area contributed by atoms with E-state index >= 15 is 0 Å². The van der Waals surface area contributed by atoms with Crippen molar-refractivity contribution in [2.75, 3.05) is 7.11 Å². The lowest BCUT2D eigenvalue weighted by Crippen LogP contribution is -2.01. The molecule has 104 valence electrons. The molecule has 0 aliphatic heterocycles. The van der Waals surface area contributed by atoms with E-state index in [1.807, 2.05) is 6.07 Å². The van der Waals surface area contributed by atoms with Crippen molar-refractivity contribution in [1.29, 1.82) is 0 Å². The highest BCUT2D eigenvalue weighted by atomic mass is 127. The molecule has 20 heavy (non-hydrogen) atoms. The third-order valence-electron chi connectivity index (χ3n) is 2.36. The summed E-state index contributed by atoms with van der Waals surface area (Å²) in [7, 11) is 1.31. The summed E-state index contributed by atoms with van der Waals surface area (Å²) >= 11 is 11.4. The molecule has 4 nitrogen and oxygen atoms in total. The average molecular weight is 468 g/mol. The number of furan rings is 1. The molecule has 0 fully saturated rings. The molecule has 0 aliphatic carbocycles. The molecule has 0 N–H and O–H groups in total. The lowest BCUT2D eigenvalue weighted by atomic mass is 10.2. The van der Waals surface area contributed by atoms with Gasteiger partial charge in [0.25, 0.3) is 0 Å². The number of aliphatic imine (C=N–C) groups is 1. The highest BCUT2D eigenvalue weighted by Crippen LogP contribution is 2.25. The van der Waals surface area contributed by atoms with Crippen LogP contribution in [-0.4, -0.2) is 19.3 Å². The molecule has 0 aliphatic rings. The maximum atomic E-state index is 11.4. The zero-order valence-electron chi connectivity index (χ0n) is 10.2. The Kier molecular flexibility index (Phi) is 5.22. The molecule has 1 aromatic heterocycles. The van der Waals surface area contributed by atoms with Gasteiger partial charge in [-0.2, -0.15) is 0 Å². The van der Waals surface area contributed by atoms with Crippen LogP contribution in [0.4, 0.5) is 5.69 Å². The monoisotopic (exact) mass is 467 g/mol. The fourth-order valence-corrected chi connectivity index (χ4v) is 2.39. The molecule has 0 saturated heterocycles. The number of carbonyl (C=O) groups excluding carboxylic acids is 1. The van der Waals surface area contributed by atoms with Crippen LogP contribution in [0, 0.1) is 3.77 Å². The first kappa shape index (κ1) is 15.5. The quantitative estimate of drug-likeness (QED) is 0.368. The minimum absolute atomic E-state index is 0.293. The number of hydrogen-bond acceptors (Lipinski definition) is 4. The first-order valence-corrected chi connectivity index (χ1v) is 7.63. The van der Waals surface area contributed by atoms with Crippen molar-refractivity contribution < 1.29 is 13.9 Å². The van der Waals surface area contributed by atoms with E-state index in [1.165, 1.54) is 7.11 Å². The molecule has 0 amide bonds. The SMILES string of the molecule is COC(=O)c1ccc(N=Cc2cc(Br)c(I)o2)cc1Cl. The number of carbonyl (C=O) groups is 1. The highest BCUT2D eigenvalue weighted by Gasteiger charge is 2.10. The zero-order chi connectivity index (χ0) is 14.7. The fraction of sp³-hybridized carbons (Fsp3) is 0.0769. The van der Waals surface area contributed by atoms with E-state index in [-0.39, 0.29) is 0 Å². The van der Waals surface area contributed by atoms with E-state index in [4.69, 9.17) is 16.0 Å². The molecule has 0 saturated carbocycles. The van der Waals surface area contributed by atoms with Crippen LogP contribution in [0.15, 0.2) is 38.1 Å². The molecular formula is C13H8BrClINO3. The molecule has 7 heteroatoms. The van der Waals surface area contributed by atoms with Crippen LogP contribution in [0.5, 0.6) is 0 Å². The molecule has 2 rings (SSSR count). The number of nitrogens with zero attached hydrogens (tertiary/aromatic N) is 1. The minimum atomic E-state index is -0.477. The number of methoxy groups -OCH3 is 1. The third kappa shape index (κ3) is 3.62. The summed E-state index contributed by atoms with van der Waals surface area (Å²) in [6, 6.07) is 6.66. The van der Waals surface area contributed by atoms with Crippen molar-refractivity contribution in [2.24, 2.45) is 4.99 Å². The summed E-state index contributed by atoms with van der Waals surface area (Å²) in [5.41, 5.74) is 0.925. The maximum Gasteiger partial charge on any atom is 0.339 e. The second-order valence-corrected chi connectivity index (χ2v) is 5.93. The summed E-state index contributed by atoms with van der Waals surface area (Å²) in [6.07, 6.45) is 1.58. The first-order chi connectivity index (χ1) is 9.51. The van der Waals surface area contributed by atoms with Crippen LogP contribution < -0.4 is 0 Å². The Bertz CT molecular complexity index is 665. The summed E-state index contributed by atoms with van der Waals surface area (Å²) in [5.74, 6) is 0.143. The van der Waals surface area contributed by atoms with Gasteiger partial charge < -0.3 is 9.15 Å². The Morgan fingerprint density at radius 3 is 2.80 bits per heavy atom. The van der Waals surface area contributed by atoms with Crippen LogP contribution in [0.1, 0.15) is 16.1 Å². The Balaban J connectivity index is 2.22. The summed E-state index contributed by atoms with van der Waals surface area (Å²) in [6.45, 7) is 0. The van der Waals surface area contributed by atoms with Gasteiger partial charge in [-0.1, -0.05) is 11.6 Å². The van der Waals surface area contributed by atoms with Crippen LogP contribution in [0.3, 0.4) is 0 Å². The Labute approximate surface area is 142 Å². The maximum absolute atomic E-state index is 11.4. The second kappa shape index (κ2) is 6.73. The molecule has 0 bridgehead atoms. The van der Waals surface area contributed by atoms with Gasteiger partial charge in [0.2, 0.25) is 0 Å². The van der Waals surface area contributed by atoms with Gasteiger partial charge >= 0.3 is 5.97 Å². The van der Waals surface area contributed by atoms with Gasteiger partial charge in [-0.3, -0.25) is 4.99 Å².